The second-order valence-electron chi connectivity index (χ2n) is 8.81. The number of nitrogens with one attached hydrogen (secondary N) is 1. The topological polar surface area (TPSA) is 94.9 Å². The zero-order valence-corrected chi connectivity index (χ0v) is 21.8. The fraction of sp³-hybridized carbons (Fsp3) is 0.321. The van der Waals surface area contributed by atoms with Gasteiger partial charge in [0.15, 0.2) is 11.5 Å². The van der Waals surface area contributed by atoms with Crippen molar-refractivity contribution in [3.63, 3.8) is 0 Å². The minimum atomic E-state index is -0.309. The fourth-order valence-electron chi connectivity index (χ4n) is 4.00. The van der Waals surface area contributed by atoms with Crippen LogP contribution >= 0.6 is 11.3 Å². The predicted molar refractivity (Wildman–Crippen MR) is 143 cm³/mol. The Balaban J connectivity index is 1.45. The number of nitrogens with zero attached hydrogens (tertiary/aromatic N) is 3. The van der Waals surface area contributed by atoms with Crippen molar-refractivity contribution in [2.75, 3.05) is 32.6 Å². The van der Waals surface area contributed by atoms with E-state index in [0.717, 1.165) is 23.3 Å². The van der Waals surface area contributed by atoms with Gasteiger partial charge in [-0.2, -0.15) is 5.26 Å². The smallest absolute Gasteiger partial charge is 0.322 e. The number of ether oxygens (including phenoxy) is 2. The summed E-state index contributed by atoms with van der Waals surface area (Å²) < 4.78 is 10.7. The molecule has 0 radical (unpaired) electrons. The molecule has 37 heavy (non-hydrogen) atoms. The van der Waals surface area contributed by atoms with Crippen molar-refractivity contribution in [2.24, 2.45) is 0 Å². The number of thiophene rings is 1. The highest BCUT2D eigenvalue weighted by Gasteiger charge is 2.35. The zero-order chi connectivity index (χ0) is 26.2. The molecule has 3 aromatic rings. The van der Waals surface area contributed by atoms with E-state index in [1.807, 2.05) is 40.6 Å². The zero-order valence-electron chi connectivity index (χ0n) is 21.0. The van der Waals surface area contributed by atoms with Crippen LogP contribution in [0, 0.1) is 11.3 Å². The molecular formula is C28H30N4O4S. The van der Waals surface area contributed by atoms with E-state index in [-0.39, 0.29) is 24.5 Å². The number of benzene rings is 2. The number of nitriles is 1. The molecular weight excluding hydrogens is 488 g/mol. The standard InChI is InChI=1S/C28H30N4O4S/c1-35-25-12-7-20(16-26(25)36-2)13-14-31(18-24-4-3-15-37-24)27(33)19-32(23-10-11-23)28(34)30-22-8-5-21(17-29)6-9-22/h3-9,12,15-16,23H,10-11,13-14,18-19H2,1-2H3,(H,30,34). The van der Waals surface area contributed by atoms with Gasteiger partial charge in [-0.3, -0.25) is 4.79 Å². The van der Waals surface area contributed by atoms with Gasteiger partial charge in [-0.1, -0.05) is 12.1 Å². The van der Waals surface area contributed by atoms with Crippen LogP contribution in [0.3, 0.4) is 0 Å². The second-order valence-corrected chi connectivity index (χ2v) is 9.84. The first-order valence-corrected chi connectivity index (χ1v) is 13.0. The van der Waals surface area contributed by atoms with Gasteiger partial charge in [0.2, 0.25) is 5.91 Å². The van der Waals surface area contributed by atoms with E-state index in [9.17, 15) is 9.59 Å². The first kappa shape index (κ1) is 26.0. The number of hydrogen-bond donors (Lipinski definition) is 1. The van der Waals surface area contributed by atoms with Crippen molar-refractivity contribution in [3.05, 3.63) is 76.0 Å². The molecule has 1 aromatic heterocycles. The SMILES string of the molecule is COc1ccc(CCN(Cc2cccs2)C(=O)CN(C(=O)Nc2ccc(C#N)cc2)C2CC2)cc1OC. The van der Waals surface area contributed by atoms with Crippen LogP contribution in [0.15, 0.2) is 60.0 Å². The van der Waals surface area contributed by atoms with Crippen LogP contribution in [0.5, 0.6) is 11.5 Å². The van der Waals surface area contributed by atoms with Gasteiger partial charge in [-0.25, -0.2) is 4.79 Å². The lowest BCUT2D eigenvalue weighted by Crippen LogP contribution is -2.45. The summed E-state index contributed by atoms with van der Waals surface area (Å²) in [7, 11) is 3.20. The minimum Gasteiger partial charge on any atom is -0.493 e. The molecule has 1 saturated carbocycles. The lowest BCUT2D eigenvalue weighted by atomic mass is 10.1. The minimum absolute atomic E-state index is 0.00406. The lowest BCUT2D eigenvalue weighted by molar-refractivity contribution is -0.132. The van der Waals surface area contributed by atoms with Crippen LogP contribution in [-0.2, 0) is 17.8 Å². The third-order valence-corrected chi connectivity index (χ3v) is 7.08. The van der Waals surface area contributed by atoms with Crippen molar-refractivity contribution in [1.29, 1.82) is 5.26 Å². The van der Waals surface area contributed by atoms with Gasteiger partial charge in [0, 0.05) is 23.2 Å². The van der Waals surface area contributed by atoms with Crippen LogP contribution < -0.4 is 14.8 Å². The molecule has 0 spiro atoms. The first-order valence-electron chi connectivity index (χ1n) is 12.1. The molecule has 0 unspecified atom stereocenters. The number of methoxy groups -OCH3 is 2. The maximum absolute atomic E-state index is 13.5. The highest BCUT2D eigenvalue weighted by atomic mass is 32.1. The van der Waals surface area contributed by atoms with Gasteiger partial charge >= 0.3 is 6.03 Å². The molecule has 0 atom stereocenters. The van der Waals surface area contributed by atoms with E-state index in [2.05, 4.69) is 11.4 Å². The van der Waals surface area contributed by atoms with Gasteiger partial charge in [-0.15, -0.1) is 11.3 Å². The normalized spacial score (nSPS) is 12.4. The van der Waals surface area contributed by atoms with E-state index in [0.29, 0.717) is 42.3 Å². The summed E-state index contributed by atoms with van der Waals surface area (Å²) >= 11 is 1.60. The largest absolute Gasteiger partial charge is 0.493 e. The summed E-state index contributed by atoms with van der Waals surface area (Å²) in [6.45, 7) is 0.992. The second kappa shape index (κ2) is 12.3. The molecule has 3 amide bonds. The third kappa shape index (κ3) is 7.02. The van der Waals surface area contributed by atoms with Crippen LogP contribution in [0.25, 0.3) is 0 Å². The van der Waals surface area contributed by atoms with E-state index in [4.69, 9.17) is 14.7 Å². The Bertz CT molecular complexity index is 1250. The molecule has 0 aliphatic heterocycles. The van der Waals surface area contributed by atoms with Crippen molar-refractivity contribution in [1.82, 2.24) is 9.80 Å². The Hall–Kier alpha value is -4.03. The molecule has 1 aliphatic carbocycles. The number of rotatable bonds is 11. The van der Waals surface area contributed by atoms with E-state index in [1.54, 1.807) is 54.7 Å². The number of anilines is 1. The Morgan fingerprint density at radius 1 is 1.08 bits per heavy atom. The summed E-state index contributed by atoms with van der Waals surface area (Å²) in [6, 6.07) is 18.2. The highest BCUT2D eigenvalue weighted by molar-refractivity contribution is 7.09. The Morgan fingerprint density at radius 3 is 2.46 bits per heavy atom. The number of amides is 3. The van der Waals surface area contributed by atoms with E-state index in [1.165, 1.54) is 0 Å². The van der Waals surface area contributed by atoms with Crippen LogP contribution in [-0.4, -0.2) is 55.1 Å². The molecule has 1 heterocycles. The number of urea groups is 1. The van der Waals surface area contributed by atoms with E-state index >= 15 is 0 Å². The summed E-state index contributed by atoms with van der Waals surface area (Å²) in [5, 5.41) is 13.9. The van der Waals surface area contributed by atoms with Crippen LogP contribution in [0.4, 0.5) is 10.5 Å². The Labute approximate surface area is 221 Å². The molecule has 0 saturated heterocycles. The van der Waals surface area contributed by atoms with Crippen LogP contribution in [0.2, 0.25) is 0 Å². The van der Waals surface area contributed by atoms with Crippen molar-refractivity contribution >= 4 is 29.0 Å². The Morgan fingerprint density at radius 2 is 1.84 bits per heavy atom. The molecule has 8 nitrogen and oxygen atoms in total. The Kier molecular flexibility index (Phi) is 8.64. The predicted octanol–water partition coefficient (Wildman–Crippen LogP) is 4.90. The monoisotopic (exact) mass is 518 g/mol. The number of hydrogen-bond acceptors (Lipinski definition) is 6. The number of carbonyl (C=O) groups excluding carboxylic acids is 2. The average Bonchev–Trinajstić information content (AvgIpc) is 3.64. The molecule has 0 bridgehead atoms. The number of carbonyl (C=O) groups is 2. The summed E-state index contributed by atoms with van der Waals surface area (Å²) in [4.78, 5) is 31.1. The highest BCUT2D eigenvalue weighted by Crippen LogP contribution is 2.29. The summed E-state index contributed by atoms with van der Waals surface area (Å²) in [5.41, 5.74) is 2.14. The summed E-state index contributed by atoms with van der Waals surface area (Å²) in [6.07, 6.45) is 2.40. The third-order valence-electron chi connectivity index (χ3n) is 6.22. The van der Waals surface area contributed by atoms with Gasteiger partial charge in [-0.05, 0) is 72.7 Å². The maximum atomic E-state index is 13.5. The average molecular weight is 519 g/mol. The molecule has 4 rings (SSSR count). The van der Waals surface area contributed by atoms with Crippen molar-refractivity contribution in [3.8, 4) is 17.6 Å². The van der Waals surface area contributed by atoms with E-state index < -0.39 is 0 Å². The molecule has 1 fully saturated rings. The first-order chi connectivity index (χ1) is 18.0. The molecule has 2 aromatic carbocycles. The van der Waals surface area contributed by atoms with Gasteiger partial charge in [0.25, 0.3) is 0 Å². The van der Waals surface area contributed by atoms with Gasteiger partial charge in [0.1, 0.15) is 6.54 Å². The van der Waals surface area contributed by atoms with Crippen molar-refractivity contribution < 1.29 is 19.1 Å². The maximum Gasteiger partial charge on any atom is 0.322 e. The van der Waals surface area contributed by atoms with Crippen LogP contribution in [0.1, 0.15) is 28.8 Å². The fourth-order valence-corrected chi connectivity index (χ4v) is 4.72. The molecule has 1 N–H and O–H groups in total. The summed E-state index contributed by atoms with van der Waals surface area (Å²) in [5.74, 6) is 1.21. The van der Waals surface area contributed by atoms with Gasteiger partial charge in [0.05, 0.1) is 32.4 Å². The quantitative estimate of drug-likeness (QED) is 0.389. The molecule has 1 aliphatic rings. The molecule has 192 valence electrons. The molecule has 9 heteroatoms. The lowest BCUT2D eigenvalue weighted by Gasteiger charge is -2.28. The van der Waals surface area contributed by atoms with Gasteiger partial charge < -0.3 is 24.6 Å². The van der Waals surface area contributed by atoms with Crippen molar-refractivity contribution in [2.45, 2.75) is 31.8 Å².